The average Bonchev–Trinajstić information content (AvgIpc) is 2.36. The average molecular weight is 561 g/mol. The molecule has 0 spiro atoms. The number of rotatable bonds is 3. The summed E-state index contributed by atoms with van der Waals surface area (Å²) in [6, 6.07) is 6.83. The van der Waals surface area contributed by atoms with Gasteiger partial charge in [0, 0.05) is 5.41 Å². The molecule has 1 rings (SSSR count). The summed E-state index contributed by atoms with van der Waals surface area (Å²) in [6.07, 6.45) is 1.24. The minimum atomic E-state index is -5.13. The molecular weight excluding hydrogens is 544 g/mol. The van der Waals surface area contributed by atoms with E-state index in [4.69, 9.17) is 55.2 Å². The zero-order valence-corrected chi connectivity index (χ0v) is 20.8. The van der Waals surface area contributed by atoms with Crippen molar-refractivity contribution < 1.29 is 6.73 Å². The van der Waals surface area contributed by atoms with E-state index in [9.17, 15) is 4.21 Å². The van der Waals surface area contributed by atoms with Gasteiger partial charge in [0.25, 0.3) is 0 Å². The quantitative estimate of drug-likeness (QED) is 0.300. The summed E-state index contributed by atoms with van der Waals surface area (Å²) in [6.45, 7) is 7.73. The fraction of sp³-hybridized carbons (Fsp3) is 0.385. The van der Waals surface area contributed by atoms with Crippen LogP contribution < -0.4 is 0 Å². The van der Waals surface area contributed by atoms with Crippen LogP contribution in [0.4, 0.5) is 0 Å². The third-order valence-electron chi connectivity index (χ3n) is 2.30. The van der Waals surface area contributed by atoms with Crippen LogP contribution in [0, 0.1) is 17.7 Å². The second-order valence-corrected chi connectivity index (χ2v) is 40.0. The molecule has 0 aromatic heterocycles. The van der Waals surface area contributed by atoms with Gasteiger partial charge in [-0.25, -0.2) is 0 Å². The van der Waals surface area contributed by atoms with Gasteiger partial charge in [-0.3, -0.25) is 0 Å². The molecule has 1 unspecified atom stereocenters. The number of halogens is 5. The third-order valence-corrected chi connectivity index (χ3v) is 12.6. The number of hydrogen-bond donors (Lipinski definition) is 0. The first-order valence-electron chi connectivity index (χ1n) is 6.50. The molecule has 0 aliphatic carbocycles. The van der Waals surface area contributed by atoms with Crippen molar-refractivity contribution in [3.8, 4) is 0 Å². The maximum absolute atomic E-state index is 11.6. The molecule has 0 heterocycles. The molecule has 0 radical (unpaired) electrons. The number of aryl methyl sites for hydroxylation is 1. The summed E-state index contributed by atoms with van der Waals surface area (Å²) in [4.78, 5) is 3.23. The first kappa shape index (κ1) is 24.7. The zero-order chi connectivity index (χ0) is 19.2. The van der Waals surface area contributed by atoms with Crippen molar-refractivity contribution in [3.63, 3.8) is 0 Å². The Labute approximate surface area is 166 Å². The first-order valence-corrected chi connectivity index (χ1v) is 23.6. The van der Waals surface area contributed by atoms with Gasteiger partial charge in [-0.1, -0.05) is 32.4 Å². The summed E-state index contributed by atoms with van der Waals surface area (Å²) in [5, 5.41) is 8.61. The van der Waals surface area contributed by atoms with Crippen molar-refractivity contribution in [1.29, 1.82) is 5.39 Å². The van der Waals surface area contributed by atoms with Gasteiger partial charge < -0.3 is 0 Å². The van der Waals surface area contributed by atoms with Gasteiger partial charge in [-0.2, -0.15) is 0 Å². The number of benzene rings is 1. The van der Waals surface area contributed by atoms with E-state index in [0.717, 1.165) is 5.56 Å². The molecule has 1 aromatic rings. The molecule has 11 heteroatoms. The van der Waals surface area contributed by atoms with E-state index in [-0.39, 0.29) is 5.41 Å². The molecule has 0 amide bonds. The van der Waals surface area contributed by atoms with E-state index >= 15 is 0 Å². The Morgan fingerprint density at radius 2 is 1.67 bits per heavy atom. The van der Waals surface area contributed by atoms with Crippen LogP contribution in [0.3, 0.4) is 0 Å². The van der Waals surface area contributed by atoms with E-state index in [0.29, 0.717) is 9.93 Å². The molecule has 0 aliphatic heterocycles. The van der Waals surface area contributed by atoms with E-state index in [1.807, 2.05) is 27.7 Å². The number of nitrogens with zero attached hydrogens (tertiary/aromatic N) is 2. The second kappa shape index (κ2) is 9.61. The summed E-state index contributed by atoms with van der Waals surface area (Å²) < 4.78 is 16.4. The summed E-state index contributed by atoms with van der Waals surface area (Å²) >= 11 is -1.30. The topological polar surface area (TPSA) is 54.5 Å². The molecule has 24 heavy (non-hydrogen) atoms. The molecule has 0 bridgehead atoms. The Hall–Kier alpha value is 0.739. The van der Waals surface area contributed by atoms with Gasteiger partial charge in [0.2, 0.25) is 5.39 Å². The molecule has 0 aliphatic rings. The van der Waals surface area contributed by atoms with E-state index in [1.54, 1.807) is 24.3 Å². The summed E-state index contributed by atoms with van der Waals surface area (Å²) in [5.41, 5.74) is 0.919. The maximum atomic E-state index is 11.6. The first-order chi connectivity index (χ1) is 10.6. The Bertz CT molecular complexity index is 651. The Morgan fingerprint density at radius 1 is 1.21 bits per heavy atom. The van der Waals surface area contributed by atoms with Crippen LogP contribution in [0.5, 0.6) is 0 Å². The van der Waals surface area contributed by atoms with Crippen LogP contribution in [0.15, 0.2) is 40.4 Å². The number of diazo groups is 1. The van der Waals surface area contributed by atoms with Gasteiger partial charge in [-0.05, 0) is 0 Å². The van der Waals surface area contributed by atoms with Crippen LogP contribution in [0.1, 0.15) is 26.3 Å². The Kier molecular flexibility index (Phi) is 9.91. The van der Waals surface area contributed by atoms with Crippen molar-refractivity contribution in [1.82, 2.24) is 0 Å². The van der Waals surface area contributed by atoms with Gasteiger partial charge in [0.15, 0.2) is 4.98 Å². The van der Waals surface area contributed by atoms with Crippen LogP contribution in [-0.2, 0) is 13.6 Å². The van der Waals surface area contributed by atoms with E-state index < -0.39 is 24.0 Å². The molecule has 1 atom stereocenters. The molecule has 0 fully saturated rings. The van der Waals surface area contributed by atoms with Crippen LogP contribution >= 0.6 is 47.3 Å². The van der Waals surface area contributed by atoms with Crippen molar-refractivity contribution in [2.24, 2.45) is 5.41 Å². The van der Waals surface area contributed by atoms with Crippen molar-refractivity contribution >= 4 is 71.3 Å². The third kappa shape index (κ3) is 12.2. The molecular formula is C13H17Cl5N2O2SSn. The standard InChI is InChI=1S/C7H8O2S.C6H10ClN2.4ClH.Sn/c1-6-2-4-7(5-3-6)10(8)9;1-6(2,3)5(7)4-9-8;;;;;/h2-5H,1H3,(H,8,9);4H,1-3H3;4*1H;/q;+1;;;;;+4/p-5/b;5-4-;;;;;. The van der Waals surface area contributed by atoms with Crippen molar-refractivity contribution in [3.05, 3.63) is 46.0 Å². The SMILES string of the molecule is CC(C)(C)/C(Cl)=C/[N+]#N.Cc1ccc(S(=O)[O][Sn-]([Cl])([Cl])([Cl])[Cl])cc1. The minimum absolute atomic E-state index is 0.117. The Morgan fingerprint density at radius 3 is 1.96 bits per heavy atom. The van der Waals surface area contributed by atoms with Gasteiger partial charge in [0.05, 0.1) is 0 Å². The fourth-order valence-electron chi connectivity index (χ4n) is 1.06. The van der Waals surface area contributed by atoms with Crippen molar-refractivity contribution in [2.45, 2.75) is 32.6 Å². The summed E-state index contributed by atoms with van der Waals surface area (Å²) in [5.74, 6) is 0. The number of allylic oxidation sites excluding steroid dienone is 1. The van der Waals surface area contributed by atoms with E-state index in [2.05, 4.69) is 4.98 Å². The predicted molar refractivity (Wildman–Crippen MR) is 106 cm³/mol. The van der Waals surface area contributed by atoms with Crippen LogP contribution in [0.25, 0.3) is 4.98 Å². The molecule has 0 N–H and O–H groups in total. The zero-order valence-electron chi connectivity index (χ0n) is 13.4. The number of hydrogen-bond acceptors (Lipinski definition) is 3. The van der Waals surface area contributed by atoms with Gasteiger partial charge >= 0.3 is 114 Å². The fourth-order valence-corrected chi connectivity index (χ4v) is 9.17. The molecule has 0 saturated carbocycles. The molecule has 4 nitrogen and oxygen atoms in total. The second-order valence-electron chi connectivity index (χ2n) is 5.71. The van der Waals surface area contributed by atoms with E-state index in [1.165, 1.54) is 6.20 Å². The van der Waals surface area contributed by atoms with Gasteiger partial charge in [0.1, 0.15) is 5.03 Å². The molecule has 136 valence electrons. The van der Waals surface area contributed by atoms with Gasteiger partial charge in [-0.15, -0.1) is 0 Å². The molecule has 1 aromatic carbocycles. The normalized spacial score (nSPS) is 15.3. The van der Waals surface area contributed by atoms with Crippen molar-refractivity contribution in [2.75, 3.05) is 0 Å². The predicted octanol–water partition coefficient (Wildman–Crippen LogP) is 6.84. The summed E-state index contributed by atoms with van der Waals surface area (Å²) in [7, 11) is 22.2. The van der Waals surface area contributed by atoms with Crippen LogP contribution in [0.2, 0.25) is 0 Å². The monoisotopic (exact) mass is 560 g/mol. The molecule has 0 saturated heterocycles. The van der Waals surface area contributed by atoms with Crippen LogP contribution in [-0.4, -0.2) is 17.1 Å². The Balaban J connectivity index is 0.000000506.